The lowest BCUT2D eigenvalue weighted by Crippen LogP contribution is -2.41. The first-order valence-corrected chi connectivity index (χ1v) is 7.31. The first-order valence-electron chi connectivity index (χ1n) is 7.31. The molecule has 5 nitrogen and oxygen atoms in total. The quantitative estimate of drug-likeness (QED) is 0.776. The number of nitrogens with one attached hydrogen (secondary N) is 1. The first-order chi connectivity index (χ1) is 9.94. The molecule has 0 aliphatic heterocycles. The summed E-state index contributed by atoms with van der Waals surface area (Å²) in [7, 11) is 0. The molecule has 1 amide bonds. The van der Waals surface area contributed by atoms with Crippen LogP contribution in [0.5, 0.6) is 0 Å². The molecule has 1 saturated carbocycles. The highest BCUT2D eigenvalue weighted by molar-refractivity contribution is 5.98. The third kappa shape index (κ3) is 3.35. The molecule has 0 unspecified atom stereocenters. The molecular formula is C16H22N2O3. The number of benzene rings is 1. The number of anilines is 1. The molecule has 1 aromatic rings. The van der Waals surface area contributed by atoms with Crippen LogP contribution in [0.3, 0.4) is 0 Å². The summed E-state index contributed by atoms with van der Waals surface area (Å²) in [6, 6.07) is 6.92. The van der Waals surface area contributed by atoms with Gasteiger partial charge >= 0.3 is 5.97 Å². The van der Waals surface area contributed by atoms with Gasteiger partial charge in [-0.25, -0.2) is 0 Å². The molecule has 1 fully saturated rings. The van der Waals surface area contributed by atoms with Gasteiger partial charge in [-0.3, -0.25) is 9.59 Å². The van der Waals surface area contributed by atoms with E-state index in [4.69, 9.17) is 5.73 Å². The zero-order valence-corrected chi connectivity index (χ0v) is 12.3. The standard InChI is InChI=1S/C16H22N2O3/c1-11-6-8-16(9-7-11,15(20)21)10-18-13-5-3-2-4-12(13)14(17)19/h2-5,11,18H,6-10H2,1H3,(H2,17,19)(H,20,21). The number of primary amides is 1. The molecule has 0 atom stereocenters. The summed E-state index contributed by atoms with van der Waals surface area (Å²) in [4.78, 5) is 23.1. The number of para-hydroxylation sites is 1. The average molecular weight is 290 g/mol. The van der Waals surface area contributed by atoms with Crippen molar-refractivity contribution in [2.24, 2.45) is 17.1 Å². The lowest BCUT2D eigenvalue weighted by Gasteiger charge is -2.36. The molecule has 0 bridgehead atoms. The van der Waals surface area contributed by atoms with Crippen molar-refractivity contribution in [2.45, 2.75) is 32.6 Å². The van der Waals surface area contributed by atoms with Crippen molar-refractivity contribution < 1.29 is 14.7 Å². The average Bonchev–Trinajstić information content (AvgIpc) is 2.47. The highest BCUT2D eigenvalue weighted by Crippen LogP contribution is 2.39. The number of carbonyl (C=O) groups excluding carboxylic acids is 1. The van der Waals surface area contributed by atoms with Gasteiger partial charge in [0.15, 0.2) is 0 Å². The van der Waals surface area contributed by atoms with E-state index in [1.807, 2.05) is 0 Å². The lowest BCUT2D eigenvalue weighted by atomic mass is 9.70. The summed E-state index contributed by atoms with van der Waals surface area (Å²) in [6.07, 6.45) is 3.17. The molecule has 0 heterocycles. The van der Waals surface area contributed by atoms with Crippen molar-refractivity contribution in [3.8, 4) is 0 Å². The summed E-state index contributed by atoms with van der Waals surface area (Å²) >= 11 is 0. The normalized spacial score (nSPS) is 25.3. The zero-order valence-electron chi connectivity index (χ0n) is 12.3. The molecule has 1 aromatic carbocycles. The maximum atomic E-state index is 11.7. The van der Waals surface area contributed by atoms with Crippen molar-refractivity contribution in [1.82, 2.24) is 0 Å². The molecule has 1 aliphatic carbocycles. The van der Waals surface area contributed by atoms with E-state index in [1.54, 1.807) is 24.3 Å². The maximum absolute atomic E-state index is 11.7. The fraction of sp³-hybridized carbons (Fsp3) is 0.500. The Morgan fingerprint density at radius 3 is 2.52 bits per heavy atom. The van der Waals surface area contributed by atoms with Gasteiger partial charge in [-0.05, 0) is 43.7 Å². The van der Waals surface area contributed by atoms with E-state index in [-0.39, 0.29) is 0 Å². The molecule has 0 spiro atoms. The minimum absolute atomic E-state index is 0.319. The van der Waals surface area contributed by atoms with E-state index in [2.05, 4.69) is 12.2 Å². The number of carboxylic acids is 1. The molecule has 0 aromatic heterocycles. The molecule has 4 N–H and O–H groups in total. The van der Waals surface area contributed by atoms with Crippen molar-refractivity contribution in [1.29, 1.82) is 0 Å². The Bertz CT molecular complexity index is 534. The van der Waals surface area contributed by atoms with Crippen LogP contribution in [0, 0.1) is 11.3 Å². The molecule has 2 rings (SSSR count). The molecule has 0 radical (unpaired) electrons. The van der Waals surface area contributed by atoms with Gasteiger partial charge in [0.1, 0.15) is 0 Å². The van der Waals surface area contributed by atoms with Gasteiger partial charge in [-0.15, -0.1) is 0 Å². The van der Waals surface area contributed by atoms with Crippen LogP contribution < -0.4 is 11.1 Å². The van der Waals surface area contributed by atoms with Crippen LogP contribution >= 0.6 is 0 Å². The van der Waals surface area contributed by atoms with E-state index in [9.17, 15) is 14.7 Å². The summed E-state index contributed by atoms with van der Waals surface area (Å²) in [5.41, 5.74) is 5.58. The zero-order chi connectivity index (χ0) is 15.5. The van der Waals surface area contributed by atoms with Crippen LogP contribution in [0.15, 0.2) is 24.3 Å². The second kappa shape index (κ2) is 6.16. The minimum Gasteiger partial charge on any atom is -0.481 e. The molecule has 21 heavy (non-hydrogen) atoms. The topological polar surface area (TPSA) is 92.4 Å². The number of hydrogen-bond acceptors (Lipinski definition) is 3. The number of hydrogen-bond donors (Lipinski definition) is 3. The van der Waals surface area contributed by atoms with Crippen LogP contribution in [0.4, 0.5) is 5.69 Å². The molecule has 0 saturated heterocycles. The predicted molar refractivity (Wildman–Crippen MR) is 81.2 cm³/mol. The largest absolute Gasteiger partial charge is 0.481 e. The Hall–Kier alpha value is -2.04. The predicted octanol–water partition coefficient (Wildman–Crippen LogP) is 2.48. The number of nitrogens with two attached hydrogens (primary N) is 1. The molecule has 5 heteroatoms. The highest BCUT2D eigenvalue weighted by Gasteiger charge is 2.41. The number of amides is 1. The summed E-state index contributed by atoms with van der Waals surface area (Å²) < 4.78 is 0. The van der Waals surface area contributed by atoms with E-state index >= 15 is 0 Å². The third-order valence-electron chi connectivity index (χ3n) is 4.49. The number of carboxylic acid groups (broad SMARTS) is 1. The van der Waals surface area contributed by atoms with Crippen LogP contribution in [0.25, 0.3) is 0 Å². The number of rotatable bonds is 5. The van der Waals surface area contributed by atoms with Crippen molar-refractivity contribution in [3.05, 3.63) is 29.8 Å². The first kappa shape index (κ1) is 15.4. The van der Waals surface area contributed by atoms with Crippen LogP contribution in [-0.2, 0) is 4.79 Å². The molecule has 114 valence electrons. The summed E-state index contributed by atoms with van der Waals surface area (Å²) in [5.74, 6) is -0.700. The van der Waals surface area contributed by atoms with Crippen LogP contribution in [-0.4, -0.2) is 23.5 Å². The SMILES string of the molecule is CC1CCC(CNc2ccccc2C(N)=O)(C(=O)O)CC1. The van der Waals surface area contributed by atoms with Gasteiger partial charge in [0.2, 0.25) is 0 Å². The fourth-order valence-electron chi connectivity index (χ4n) is 2.90. The van der Waals surface area contributed by atoms with Gasteiger partial charge in [-0.2, -0.15) is 0 Å². The Labute approximate surface area is 124 Å². The fourth-order valence-corrected chi connectivity index (χ4v) is 2.90. The smallest absolute Gasteiger partial charge is 0.311 e. The lowest BCUT2D eigenvalue weighted by molar-refractivity contribution is -0.150. The minimum atomic E-state index is -0.765. The summed E-state index contributed by atoms with van der Waals surface area (Å²) in [5, 5.41) is 12.7. The highest BCUT2D eigenvalue weighted by atomic mass is 16.4. The molecular weight excluding hydrogens is 268 g/mol. The van der Waals surface area contributed by atoms with Gasteiger partial charge in [0.05, 0.1) is 11.0 Å². The van der Waals surface area contributed by atoms with Crippen LogP contribution in [0.1, 0.15) is 43.0 Å². The van der Waals surface area contributed by atoms with E-state index in [1.165, 1.54) is 0 Å². The molecule has 1 aliphatic rings. The van der Waals surface area contributed by atoms with E-state index in [0.717, 1.165) is 12.8 Å². The Kier molecular flexibility index (Phi) is 4.50. The van der Waals surface area contributed by atoms with Crippen molar-refractivity contribution in [3.63, 3.8) is 0 Å². The maximum Gasteiger partial charge on any atom is 0.311 e. The summed E-state index contributed by atoms with van der Waals surface area (Å²) in [6.45, 7) is 2.47. The van der Waals surface area contributed by atoms with Gasteiger partial charge in [0, 0.05) is 12.2 Å². The van der Waals surface area contributed by atoms with E-state index < -0.39 is 17.3 Å². The second-order valence-corrected chi connectivity index (χ2v) is 6.03. The number of carbonyl (C=O) groups is 2. The Morgan fingerprint density at radius 1 is 1.33 bits per heavy atom. The Morgan fingerprint density at radius 2 is 1.95 bits per heavy atom. The number of aliphatic carboxylic acids is 1. The van der Waals surface area contributed by atoms with Gasteiger partial charge in [-0.1, -0.05) is 19.1 Å². The second-order valence-electron chi connectivity index (χ2n) is 6.03. The third-order valence-corrected chi connectivity index (χ3v) is 4.49. The van der Waals surface area contributed by atoms with Gasteiger partial charge < -0.3 is 16.2 Å². The van der Waals surface area contributed by atoms with Crippen molar-refractivity contribution in [2.75, 3.05) is 11.9 Å². The van der Waals surface area contributed by atoms with E-state index in [0.29, 0.717) is 36.6 Å². The van der Waals surface area contributed by atoms with Crippen molar-refractivity contribution >= 4 is 17.6 Å². The Balaban J connectivity index is 2.13. The van der Waals surface area contributed by atoms with Gasteiger partial charge in [0.25, 0.3) is 5.91 Å². The van der Waals surface area contributed by atoms with Crippen LogP contribution in [0.2, 0.25) is 0 Å². The monoisotopic (exact) mass is 290 g/mol.